The van der Waals surface area contributed by atoms with Gasteiger partial charge in [-0.3, -0.25) is 9.59 Å². The van der Waals surface area contributed by atoms with Gasteiger partial charge in [0.05, 0.1) is 19.3 Å². The summed E-state index contributed by atoms with van der Waals surface area (Å²) in [5, 5.41) is 17.6. The molecule has 0 heterocycles. The summed E-state index contributed by atoms with van der Waals surface area (Å²) in [5.74, 6) is 0.505. The number of Topliss-reactive ketones (excluding diaryl/α,β-unsaturated/α-hetero) is 1. The minimum Gasteiger partial charge on any atom is -0.497 e. The Bertz CT molecular complexity index is 1450. The Labute approximate surface area is 236 Å². The molecule has 2 atom stereocenters. The van der Waals surface area contributed by atoms with Crippen LogP contribution < -0.4 is 15.4 Å². The molecule has 0 spiro atoms. The van der Waals surface area contributed by atoms with Gasteiger partial charge < -0.3 is 20.5 Å². The molecule has 206 valence electrons. The van der Waals surface area contributed by atoms with Crippen LogP contribution in [0.2, 0.25) is 0 Å². The van der Waals surface area contributed by atoms with E-state index in [1.54, 1.807) is 13.2 Å². The molecule has 1 amide bonds. The van der Waals surface area contributed by atoms with Crippen LogP contribution in [-0.2, 0) is 13.0 Å². The number of benzene rings is 4. The molecule has 0 fully saturated rings. The fraction of sp³-hybridized carbons (Fsp3) is 0.235. The molecule has 0 aliphatic rings. The monoisotopic (exact) mass is 536 g/mol. The number of amides is 1. The molecule has 40 heavy (non-hydrogen) atoms. The number of hydrogen-bond donors (Lipinski definition) is 3. The van der Waals surface area contributed by atoms with Crippen molar-refractivity contribution in [2.45, 2.75) is 39.0 Å². The third-order valence-corrected chi connectivity index (χ3v) is 6.84. The van der Waals surface area contributed by atoms with Crippen molar-refractivity contribution in [3.8, 4) is 16.9 Å². The van der Waals surface area contributed by atoms with Crippen LogP contribution in [-0.4, -0.2) is 42.6 Å². The second kappa shape index (κ2) is 13.7. The Morgan fingerprint density at radius 3 is 2.30 bits per heavy atom. The van der Waals surface area contributed by atoms with E-state index in [-0.39, 0.29) is 11.7 Å². The standard InChI is InChI=1S/C34H36N2O4/c1-23-15-29(28-13-8-12-27(19-28)24(2)37)20-30(16-23)34(39)36-32(18-25-9-5-4-6-10-25)33(38)22-35-21-26-11-7-14-31(17-26)40-3/h4-17,19-20,32-33,35,38H,18,21-22H2,1-3H3,(H,36,39)/t32-,33+/m0/s1. The topological polar surface area (TPSA) is 87.7 Å². The van der Waals surface area contributed by atoms with Crippen molar-refractivity contribution in [3.05, 3.63) is 125 Å². The number of ketones is 1. The number of aryl methyl sites for hydroxylation is 1. The summed E-state index contributed by atoms with van der Waals surface area (Å²) in [6.07, 6.45) is -0.347. The quantitative estimate of drug-likeness (QED) is 0.212. The second-order valence-electron chi connectivity index (χ2n) is 10.0. The molecule has 0 aliphatic heterocycles. The molecule has 4 rings (SSSR count). The first kappa shape index (κ1) is 28.7. The number of aliphatic hydroxyl groups excluding tert-OH is 1. The summed E-state index contributed by atoms with van der Waals surface area (Å²) in [6, 6.07) is 30.1. The highest BCUT2D eigenvalue weighted by molar-refractivity contribution is 5.97. The van der Waals surface area contributed by atoms with Crippen LogP contribution in [0.15, 0.2) is 97.1 Å². The molecular formula is C34H36N2O4. The van der Waals surface area contributed by atoms with Crippen molar-refractivity contribution in [2.75, 3.05) is 13.7 Å². The SMILES string of the molecule is COc1cccc(CNC[C@@H](O)[C@H](Cc2ccccc2)NC(=O)c2cc(C)cc(-c3cccc(C(C)=O)c3)c2)c1. The summed E-state index contributed by atoms with van der Waals surface area (Å²) in [4.78, 5) is 25.4. The van der Waals surface area contributed by atoms with Gasteiger partial charge in [0, 0.05) is 24.2 Å². The van der Waals surface area contributed by atoms with E-state index >= 15 is 0 Å². The average Bonchev–Trinajstić information content (AvgIpc) is 2.97. The van der Waals surface area contributed by atoms with Gasteiger partial charge in [-0.2, -0.15) is 0 Å². The Balaban J connectivity index is 1.51. The van der Waals surface area contributed by atoms with Crippen LogP contribution in [0.25, 0.3) is 11.1 Å². The van der Waals surface area contributed by atoms with Gasteiger partial charge in [0.1, 0.15) is 5.75 Å². The molecule has 0 bridgehead atoms. The van der Waals surface area contributed by atoms with E-state index in [4.69, 9.17) is 4.74 Å². The number of rotatable bonds is 12. The Kier molecular flexibility index (Phi) is 9.84. The summed E-state index contributed by atoms with van der Waals surface area (Å²) in [7, 11) is 1.63. The summed E-state index contributed by atoms with van der Waals surface area (Å²) >= 11 is 0. The zero-order valence-corrected chi connectivity index (χ0v) is 23.2. The van der Waals surface area contributed by atoms with E-state index in [2.05, 4.69) is 10.6 Å². The fourth-order valence-corrected chi connectivity index (χ4v) is 4.69. The van der Waals surface area contributed by atoms with E-state index in [0.717, 1.165) is 33.6 Å². The van der Waals surface area contributed by atoms with Crippen molar-refractivity contribution in [3.63, 3.8) is 0 Å². The predicted octanol–water partition coefficient (Wildman–Crippen LogP) is 5.37. The van der Waals surface area contributed by atoms with Crippen molar-refractivity contribution < 1.29 is 19.4 Å². The zero-order valence-electron chi connectivity index (χ0n) is 23.2. The first-order valence-electron chi connectivity index (χ1n) is 13.4. The maximum absolute atomic E-state index is 13.5. The minimum absolute atomic E-state index is 0.00905. The molecule has 0 aliphatic carbocycles. The van der Waals surface area contributed by atoms with Gasteiger partial charge >= 0.3 is 0 Å². The number of methoxy groups -OCH3 is 1. The Morgan fingerprint density at radius 1 is 0.825 bits per heavy atom. The average molecular weight is 537 g/mol. The van der Waals surface area contributed by atoms with Gasteiger partial charge in [-0.05, 0) is 78.4 Å². The van der Waals surface area contributed by atoms with Crippen molar-refractivity contribution in [1.29, 1.82) is 0 Å². The van der Waals surface area contributed by atoms with Crippen LogP contribution in [0.3, 0.4) is 0 Å². The van der Waals surface area contributed by atoms with E-state index in [1.165, 1.54) is 6.92 Å². The van der Waals surface area contributed by atoms with Gasteiger partial charge in [-0.25, -0.2) is 0 Å². The minimum atomic E-state index is -0.828. The Morgan fingerprint density at radius 2 is 1.55 bits per heavy atom. The molecule has 6 nitrogen and oxygen atoms in total. The molecule has 0 saturated heterocycles. The lowest BCUT2D eigenvalue weighted by Crippen LogP contribution is -2.48. The van der Waals surface area contributed by atoms with Gasteiger partial charge in [0.15, 0.2) is 5.78 Å². The maximum atomic E-state index is 13.5. The largest absolute Gasteiger partial charge is 0.497 e. The first-order chi connectivity index (χ1) is 19.3. The molecule has 0 saturated carbocycles. The van der Waals surface area contributed by atoms with Crippen LogP contribution >= 0.6 is 0 Å². The van der Waals surface area contributed by atoms with Crippen molar-refractivity contribution in [2.24, 2.45) is 0 Å². The number of aliphatic hydroxyl groups is 1. The highest BCUT2D eigenvalue weighted by atomic mass is 16.5. The van der Waals surface area contributed by atoms with Crippen LogP contribution in [0.1, 0.15) is 44.3 Å². The maximum Gasteiger partial charge on any atom is 0.251 e. The second-order valence-corrected chi connectivity index (χ2v) is 10.0. The molecule has 4 aromatic rings. The number of hydrogen-bond acceptors (Lipinski definition) is 5. The summed E-state index contributed by atoms with van der Waals surface area (Å²) in [6.45, 7) is 4.33. The third-order valence-electron chi connectivity index (χ3n) is 6.84. The van der Waals surface area contributed by atoms with E-state index in [1.807, 2.05) is 97.9 Å². The van der Waals surface area contributed by atoms with Gasteiger partial charge in [-0.1, -0.05) is 66.7 Å². The molecule has 0 unspecified atom stereocenters. The van der Waals surface area contributed by atoms with Crippen LogP contribution in [0.4, 0.5) is 0 Å². The highest BCUT2D eigenvalue weighted by Gasteiger charge is 2.23. The normalized spacial score (nSPS) is 12.4. The van der Waals surface area contributed by atoms with Crippen LogP contribution in [0, 0.1) is 6.92 Å². The molecule has 3 N–H and O–H groups in total. The molecular weight excluding hydrogens is 500 g/mol. The highest BCUT2D eigenvalue weighted by Crippen LogP contribution is 2.24. The molecule has 6 heteroatoms. The fourth-order valence-electron chi connectivity index (χ4n) is 4.69. The van der Waals surface area contributed by atoms with Crippen LogP contribution in [0.5, 0.6) is 5.75 Å². The van der Waals surface area contributed by atoms with Crippen molar-refractivity contribution >= 4 is 11.7 Å². The molecule has 4 aromatic carbocycles. The molecule has 0 aromatic heterocycles. The van der Waals surface area contributed by atoms with E-state index < -0.39 is 12.1 Å². The smallest absolute Gasteiger partial charge is 0.251 e. The number of carbonyl (C=O) groups is 2. The summed E-state index contributed by atoms with van der Waals surface area (Å²) < 4.78 is 5.29. The van der Waals surface area contributed by atoms with E-state index in [9.17, 15) is 14.7 Å². The zero-order chi connectivity index (χ0) is 28.5. The van der Waals surface area contributed by atoms with Gasteiger partial charge in [-0.15, -0.1) is 0 Å². The number of nitrogens with one attached hydrogen (secondary N) is 2. The molecule has 0 radical (unpaired) electrons. The lowest BCUT2D eigenvalue weighted by Gasteiger charge is -2.25. The predicted molar refractivity (Wildman–Crippen MR) is 159 cm³/mol. The number of carbonyl (C=O) groups excluding carboxylic acids is 2. The Hall–Kier alpha value is -4.26. The summed E-state index contributed by atoms with van der Waals surface area (Å²) in [5.41, 5.74) is 5.83. The number of ether oxygens (including phenoxy) is 1. The van der Waals surface area contributed by atoms with Gasteiger partial charge in [0.2, 0.25) is 0 Å². The first-order valence-corrected chi connectivity index (χ1v) is 13.4. The van der Waals surface area contributed by atoms with Gasteiger partial charge in [0.25, 0.3) is 5.91 Å². The lowest BCUT2D eigenvalue weighted by molar-refractivity contribution is 0.0829. The third kappa shape index (κ3) is 7.88. The van der Waals surface area contributed by atoms with E-state index in [0.29, 0.717) is 30.6 Å². The van der Waals surface area contributed by atoms with Crippen molar-refractivity contribution in [1.82, 2.24) is 10.6 Å². The lowest BCUT2D eigenvalue weighted by atomic mass is 9.97.